The Balaban J connectivity index is 1.68. The van der Waals surface area contributed by atoms with Gasteiger partial charge < -0.3 is 8.92 Å². The Labute approximate surface area is 233 Å². The molecule has 1 aliphatic rings. The van der Waals surface area contributed by atoms with Crippen molar-refractivity contribution < 1.29 is 31.7 Å². The minimum atomic E-state index is -4.15. The highest BCUT2D eigenvalue weighted by Gasteiger charge is 2.37. The Kier molecular flexibility index (Phi) is 7.88. The summed E-state index contributed by atoms with van der Waals surface area (Å²) >= 11 is 1.88. The van der Waals surface area contributed by atoms with Gasteiger partial charge in [0.05, 0.1) is 16.4 Å². The summed E-state index contributed by atoms with van der Waals surface area (Å²) in [7, 11) is -2.81. The van der Waals surface area contributed by atoms with E-state index in [0.717, 1.165) is 22.4 Å². The van der Waals surface area contributed by atoms with Crippen LogP contribution in [-0.4, -0.2) is 33.4 Å². The first-order valence-corrected chi connectivity index (χ1v) is 13.9. The zero-order chi connectivity index (χ0) is 27.6. The molecule has 9 nitrogen and oxygen atoms in total. The molecule has 4 amide bonds. The predicted octanol–water partition coefficient (Wildman–Crippen LogP) is 4.60. The van der Waals surface area contributed by atoms with Gasteiger partial charge in [-0.1, -0.05) is 36.8 Å². The lowest BCUT2D eigenvalue weighted by Crippen LogP contribution is -2.54. The number of methoxy groups -OCH3 is 1. The van der Waals surface area contributed by atoms with Crippen molar-refractivity contribution in [1.82, 2.24) is 5.32 Å². The molecule has 3 aromatic carbocycles. The third-order valence-corrected chi connectivity index (χ3v) is 7.81. The molecule has 3 aromatic rings. The maximum absolute atomic E-state index is 13.2. The quantitative estimate of drug-likeness (QED) is 0.173. The monoisotopic (exact) mass is 646 g/mol. The number of imide groups is 2. The van der Waals surface area contributed by atoms with Crippen molar-refractivity contribution in [2.75, 3.05) is 12.0 Å². The summed E-state index contributed by atoms with van der Waals surface area (Å²) in [5.74, 6) is -1.61. The van der Waals surface area contributed by atoms with Gasteiger partial charge in [0.2, 0.25) is 0 Å². The molecule has 1 heterocycles. The molecule has 0 unspecified atom stereocenters. The van der Waals surface area contributed by atoms with E-state index in [0.29, 0.717) is 14.8 Å². The SMILES string of the molecule is CCc1ccc(N2C(=O)NC(=O)/C(=C\c3cc(I)c(OS(=O)(=O)c4ccc(C)cc4)c(OC)c3)C2=O)cc1. The number of carbonyl (C=O) groups is 3. The van der Waals surface area contributed by atoms with Gasteiger partial charge in [-0.2, -0.15) is 8.42 Å². The Morgan fingerprint density at radius 2 is 1.66 bits per heavy atom. The highest BCUT2D eigenvalue weighted by molar-refractivity contribution is 14.1. The topological polar surface area (TPSA) is 119 Å². The highest BCUT2D eigenvalue weighted by Crippen LogP contribution is 2.37. The number of barbiturate groups is 1. The highest BCUT2D eigenvalue weighted by atomic mass is 127. The number of carbonyl (C=O) groups excluding carboxylic acids is 3. The number of rotatable bonds is 7. The van der Waals surface area contributed by atoms with Gasteiger partial charge in [-0.05, 0) is 89.5 Å². The van der Waals surface area contributed by atoms with Gasteiger partial charge in [0, 0.05) is 0 Å². The van der Waals surface area contributed by atoms with Crippen LogP contribution in [0.4, 0.5) is 10.5 Å². The van der Waals surface area contributed by atoms with Crippen molar-refractivity contribution in [3.05, 3.63) is 86.5 Å². The molecule has 1 N–H and O–H groups in total. The first-order chi connectivity index (χ1) is 18.0. The minimum Gasteiger partial charge on any atom is -0.493 e. The second-order valence-electron chi connectivity index (χ2n) is 8.36. The van der Waals surface area contributed by atoms with Gasteiger partial charge in [-0.25, -0.2) is 9.69 Å². The van der Waals surface area contributed by atoms with E-state index in [1.54, 1.807) is 36.4 Å². The number of nitrogens with zero attached hydrogens (tertiary/aromatic N) is 1. The fourth-order valence-electron chi connectivity index (χ4n) is 3.71. The summed E-state index contributed by atoms with van der Waals surface area (Å²) in [4.78, 5) is 39.2. The van der Waals surface area contributed by atoms with Gasteiger partial charge in [0.1, 0.15) is 10.5 Å². The predicted molar refractivity (Wildman–Crippen MR) is 150 cm³/mol. The van der Waals surface area contributed by atoms with E-state index in [1.165, 1.54) is 37.5 Å². The summed E-state index contributed by atoms with van der Waals surface area (Å²) in [5, 5.41) is 2.19. The molecule has 196 valence electrons. The van der Waals surface area contributed by atoms with Crippen LogP contribution < -0.4 is 19.1 Å². The number of nitrogens with one attached hydrogen (secondary N) is 1. The first-order valence-electron chi connectivity index (χ1n) is 11.4. The minimum absolute atomic E-state index is 0.0200. The van der Waals surface area contributed by atoms with Crippen LogP contribution in [-0.2, 0) is 26.1 Å². The Bertz CT molecular complexity index is 1560. The molecule has 0 saturated carbocycles. The molecule has 1 saturated heterocycles. The first kappa shape index (κ1) is 27.3. The van der Waals surface area contributed by atoms with Gasteiger partial charge in [0.15, 0.2) is 11.5 Å². The maximum atomic E-state index is 13.2. The van der Waals surface area contributed by atoms with E-state index in [4.69, 9.17) is 8.92 Å². The van der Waals surface area contributed by atoms with E-state index in [1.807, 2.05) is 36.4 Å². The molecular weight excluding hydrogens is 623 g/mol. The summed E-state index contributed by atoms with van der Waals surface area (Å²) in [6.45, 7) is 3.82. The fourth-order valence-corrected chi connectivity index (χ4v) is 5.55. The molecular formula is C27H23IN2O7S. The van der Waals surface area contributed by atoms with Gasteiger partial charge in [-0.3, -0.25) is 14.9 Å². The van der Waals surface area contributed by atoms with Crippen LogP contribution in [0.2, 0.25) is 0 Å². The van der Waals surface area contributed by atoms with E-state index >= 15 is 0 Å². The summed E-state index contributed by atoms with van der Waals surface area (Å²) in [6, 6.07) is 15.2. The van der Waals surface area contributed by atoms with Crippen LogP contribution in [0.3, 0.4) is 0 Å². The van der Waals surface area contributed by atoms with E-state index in [-0.39, 0.29) is 22.0 Å². The van der Waals surface area contributed by atoms with E-state index in [9.17, 15) is 22.8 Å². The molecule has 11 heteroatoms. The average Bonchev–Trinajstić information content (AvgIpc) is 2.88. The number of anilines is 1. The molecule has 0 aliphatic carbocycles. The second kappa shape index (κ2) is 11.0. The summed E-state index contributed by atoms with van der Waals surface area (Å²) in [6.07, 6.45) is 2.09. The zero-order valence-corrected chi connectivity index (χ0v) is 23.6. The van der Waals surface area contributed by atoms with Crippen LogP contribution in [0.5, 0.6) is 11.5 Å². The van der Waals surface area contributed by atoms with Crippen LogP contribution in [0, 0.1) is 10.5 Å². The van der Waals surface area contributed by atoms with Crippen LogP contribution in [0.1, 0.15) is 23.6 Å². The number of halogens is 1. The van der Waals surface area contributed by atoms with E-state index < -0.39 is 28.0 Å². The lowest BCUT2D eigenvalue weighted by Gasteiger charge is -2.26. The molecule has 1 fully saturated rings. The molecule has 38 heavy (non-hydrogen) atoms. The number of ether oxygens (including phenoxy) is 1. The molecule has 0 aromatic heterocycles. The average molecular weight is 646 g/mol. The second-order valence-corrected chi connectivity index (χ2v) is 11.1. The number of benzene rings is 3. The number of amides is 4. The largest absolute Gasteiger partial charge is 0.493 e. The summed E-state index contributed by atoms with van der Waals surface area (Å²) < 4.78 is 36.8. The number of urea groups is 1. The smallest absolute Gasteiger partial charge is 0.339 e. The third kappa shape index (κ3) is 5.58. The zero-order valence-electron chi connectivity index (χ0n) is 20.6. The van der Waals surface area contributed by atoms with Gasteiger partial charge in [0.25, 0.3) is 11.8 Å². The number of hydrogen-bond donors (Lipinski definition) is 1. The van der Waals surface area contributed by atoms with Crippen molar-refractivity contribution >= 4 is 62.3 Å². The van der Waals surface area contributed by atoms with Crippen molar-refractivity contribution in [1.29, 1.82) is 0 Å². The maximum Gasteiger partial charge on any atom is 0.339 e. The Hall–Kier alpha value is -3.71. The normalized spacial score (nSPS) is 15.0. The van der Waals surface area contributed by atoms with Crippen LogP contribution in [0.25, 0.3) is 6.08 Å². The van der Waals surface area contributed by atoms with Crippen molar-refractivity contribution in [2.45, 2.75) is 25.2 Å². The molecule has 0 spiro atoms. The van der Waals surface area contributed by atoms with Crippen LogP contribution >= 0.6 is 22.6 Å². The Morgan fingerprint density at radius 3 is 2.26 bits per heavy atom. The van der Waals surface area contributed by atoms with Crippen molar-refractivity contribution in [3.63, 3.8) is 0 Å². The third-order valence-electron chi connectivity index (χ3n) is 5.77. The Morgan fingerprint density at radius 1 is 1.00 bits per heavy atom. The molecule has 4 rings (SSSR count). The molecule has 0 radical (unpaired) electrons. The standard InChI is InChI=1S/C27H23IN2O7S/c1-4-17-7-9-19(10-8-17)30-26(32)21(25(31)29-27(30)33)13-18-14-22(28)24(23(15-18)36-3)37-38(34,35)20-11-5-16(2)6-12-20/h5-15H,4H2,1-3H3,(H,29,31,33)/b21-13+. The number of hydrogen-bond acceptors (Lipinski definition) is 7. The number of aryl methyl sites for hydroxylation is 2. The van der Waals surface area contributed by atoms with Crippen LogP contribution in [0.15, 0.2) is 71.1 Å². The van der Waals surface area contributed by atoms with Crippen molar-refractivity contribution in [3.8, 4) is 11.5 Å². The molecule has 1 aliphatic heterocycles. The van der Waals surface area contributed by atoms with Gasteiger partial charge >= 0.3 is 16.1 Å². The summed E-state index contributed by atoms with van der Waals surface area (Å²) in [5.41, 5.74) is 2.33. The lowest BCUT2D eigenvalue weighted by molar-refractivity contribution is -0.122. The van der Waals surface area contributed by atoms with E-state index in [2.05, 4.69) is 5.32 Å². The fraction of sp³-hybridized carbons (Fsp3) is 0.148. The molecule has 0 bridgehead atoms. The lowest BCUT2D eigenvalue weighted by atomic mass is 10.1. The van der Waals surface area contributed by atoms with Crippen molar-refractivity contribution in [2.24, 2.45) is 0 Å². The molecule has 0 atom stereocenters. The van der Waals surface area contributed by atoms with Gasteiger partial charge in [-0.15, -0.1) is 0 Å².